The Balaban J connectivity index is 4.61. The minimum absolute atomic E-state index is 0.153. The Labute approximate surface area is 191 Å². The third-order valence-corrected chi connectivity index (χ3v) is 5.04. The van der Waals surface area contributed by atoms with E-state index in [1.54, 1.807) is 0 Å². The van der Waals surface area contributed by atoms with E-state index in [0.29, 0.717) is 12.8 Å². The zero-order valence-electron chi connectivity index (χ0n) is 19.7. The largest absolute Gasteiger partial charge is 0.478 e. The summed E-state index contributed by atoms with van der Waals surface area (Å²) in [6, 6.07) is 0. The highest BCUT2D eigenvalue weighted by atomic mass is 16.5. The van der Waals surface area contributed by atoms with Gasteiger partial charge in [0, 0.05) is 0 Å². The monoisotopic (exact) mass is 456 g/mol. The maximum atomic E-state index is 12.0. The van der Waals surface area contributed by atoms with E-state index >= 15 is 0 Å². The highest BCUT2D eigenvalue weighted by Crippen LogP contribution is 2.16. The van der Waals surface area contributed by atoms with Crippen LogP contribution in [0.25, 0.3) is 0 Å². The van der Waals surface area contributed by atoms with Gasteiger partial charge in [-0.25, -0.2) is 9.59 Å². The number of carboxylic acids is 2. The second kappa shape index (κ2) is 19.3. The number of carbonyl (C=O) groups excluding carboxylic acids is 2. The van der Waals surface area contributed by atoms with Crippen LogP contribution in [0.5, 0.6) is 0 Å². The second-order valence-electron chi connectivity index (χ2n) is 7.90. The van der Waals surface area contributed by atoms with Crippen molar-refractivity contribution in [1.82, 2.24) is 0 Å². The quantitative estimate of drug-likeness (QED) is 0.148. The predicted octanol–water partition coefficient (Wildman–Crippen LogP) is 5.04. The first-order valence-electron chi connectivity index (χ1n) is 11.8. The summed E-state index contributed by atoms with van der Waals surface area (Å²) in [6.07, 6.45) is 10.6. The summed E-state index contributed by atoms with van der Waals surface area (Å²) in [6.45, 7) is 4.55. The maximum Gasteiger partial charge on any atom is 0.332 e. The molecule has 0 aromatic rings. The van der Waals surface area contributed by atoms with E-state index in [2.05, 4.69) is 13.8 Å². The summed E-state index contributed by atoms with van der Waals surface area (Å²) in [7, 11) is 0. The summed E-state index contributed by atoms with van der Waals surface area (Å²) in [5, 5.41) is 18.8. The predicted molar refractivity (Wildman–Crippen MR) is 120 cm³/mol. The molecule has 0 radical (unpaired) electrons. The van der Waals surface area contributed by atoms with Gasteiger partial charge < -0.3 is 19.7 Å². The molecule has 0 amide bonds. The van der Waals surface area contributed by atoms with Gasteiger partial charge in [-0.15, -0.1) is 0 Å². The van der Waals surface area contributed by atoms with Crippen molar-refractivity contribution in [1.29, 1.82) is 0 Å². The second-order valence-corrected chi connectivity index (χ2v) is 7.90. The molecule has 8 nitrogen and oxygen atoms in total. The Kier molecular flexibility index (Phi) is 17.9. The molecule has 0 aromatic heterocycles. The molecule has 0 aromatic carbocycles. The number of esters is 2. The van der Waals surface area contributed by atoms with Crippen LogP contribution < -0.4 is 0 Å². The molecule has 0 aliphatic carbocycles. The van der Waals surface area contributed by atoms with E-state index in [1.807, 2.05) is 0 Å². The third kappa shape index (κ3) is 15.4. The van der Waals surface area contributed by atoms with Crippen molar-refractivity contribution in [3.05, 3.63) is 11.1 Å². The Bertz CT molecular complexity index is 557. The van der Waals surface area contributed by atoms with Gasteiger partial charge in [0.25, 0.3) is 0 Å². The van der Waals surface area contributed by atoms with Gasteiger partial charge in [-0.1, -0.05) is 78.1 Å². The molecule has 0 aliphatic rings. The lowest BCUT2D eigenvalue weighted by Gasteiger charge is -2.10. The first-order valence-corrected chi connectivity index (χ1v) is 11.8. The summed E-state index contributed by atoms with van der Waals surface area (Å²) in [4.78, 5) is 47.1. The Hall–Kier alpha value is -2.38. The fourth-order valence-corrected chi connectivity index (χ4v) is 3.15. The summed E-state index contributed by atoms with van der Waals surface area (Å²) in [5.41, 5.74) is -1.30. The van der Waals surface area contributed by atoms with Crippen LogP contribution in [-0.4, -0.2) is 47.3 Å². The van der Waals surface area contributed by atoms with Gasteiger partial charge in [-0.05, 0) is 12.8 Å². The molecule has 0 bridgehead atoms. The zero-order chi connectivity index (χ0) is 24.2. The fourth-order valence-electron chi connectivity index (χ4n) is 3.15. The molecule has 0 spiro atoms. The van der Waals surface area contributed by atoms with Crippen molar-refractivity contribution in [2.45, 2.75) is 104 Å². The average Bonchev–Trinajstić information content (AvgIpc) is 2.74. The standard InChI is InChI=1S/C24H40O8/c1-3-5-7-9-11-13-15-31-21(25)17-19(23(27)28)20(24(29)30)18-22(26)32-16-14-12-10-8-6-4-2/h3-18H2,1-2H3,(H,27,28)(H,29,30)/b20-19+. The van der Waals surface area contributed by atoms with E-state index < -0.39 is 47.9 Å². The number of carbonyl (C=O) groups is 4. The molecule has 2 N–H and O–H groups in total. The van der Waals surface area contributed by atoms with Gasteiger partial charge in [-0.3, -0.25) is 9.59 Å². The lowest BCUT2D eigenvalue weighted by molar-refractivity contribution is -0.146. The van der Waals surface area contributed by atoms with Crippen LogP contribution in [0.3, 0.4) is 0 Å². The molecule has 32 heavy (non-hydrogen) atoms. The third-order valence-electron chi connectivity index (χ3n) is 5.04. The molecule has 0 saturated carbocycles. The average molecular weight is 457 g/mol. The molecule has 0 saturated heterocycles. The van der Waals surface area contributed by atoms with Gasteiger partial charge in [0.05, 0.1) is 37.2 Å². The first-order chi connectivity index (χ1) is 15.3. The number of hydrogen-bond acceptors (Lipinski definition) is 6. The lowest BCUT2D eigenvalue weighted by atomic mass is 10.0. The molecule has 0 rings (SSSR count). The van der Waals surface area contributed by atoms with Crippen molar-refractivity contribution >= 4 is 23.9 Å². The van der Waals surface area contributed by atoms with Gasteiger partial charge >= 0.3 is 23.9 Å². The highest BCUT2D eigenvalue weighted by molar-refractivity contribution is 6.04. The Morgan fingerprint density at radius 3 is 1.16 bits per heavy atom. The van der Waals surface area contributed by atoms with Gasteiger partial charge in [-0.2, -0.15) is 0 Å². The van der Waals surface area contributed by atoms with Crippen LogP contribution >= 0.6 is 0 Å². The number of ether oxygens (including phenoxy) is 2. The molecule has 8 heteroatoms. The van der Waals surface area contributed by atoms with E-state index in [9.17, 15) is 29.4 Å². The van der Waals surface area contributed by atoms with Crippen LogP contribution in [0, 0.1) is 0 Å². The molecule has 0 aliphatic heterocycles. The van der Waals surface area contributed by atoms with Gasteiger partial charge in [0.15, 0.2) is 0 Å². The summed E-state index contributed by atoms with van der Waals surface area (Å²) in [5.74, 6) is -4.78. The molecule has 0 fully saturated rings. The summed E-state index contributed by atoms with van der Waals surface area (Å²) < 4.78 is 10.1. The van der Waals surface area contributed by atoms with E-state index in [1.165, 1.54) is 0 Å². The van der Waals surface area contributed by atoms with E-state index in [4.69, 9.17) is 9.47 Å². The molecule has 184 valence electrons. The minimum Gasteiger partial charge on any atom is -0.478 e. The van der Waals surface area contributed by atoms with Gasteiger partial charge in [0.2, 0.25) is 0 Å². The highest BCUT2D eigenvalue weighted by Gasteiger charge is 2.26. The van der Waals surface area contributed by atoms with Crippen molar-refractivity contribution < 1.29 is 38.9 Å². The Morgan fingerprint density at radius 2 is 0.844 bits per heavy atom. The number of hydrogen-bond donors (Lipinski definition) is 2. The number of rotatable bonds is 20. The SMILES string of the molecule is CCCCCCCCOC(=O)C/C(C(=O)O)=C(/CC(=O)OCCCCCCCC)C(=O)O. The van der Waals surface area contributed by atoms with Crippen LogP contribution in [0.15, 0.2) is 11.1 Å². The molecule has 0 unspecified atom stereocenters. The first kappa shape index (κ1) is 29.6. The molecule has 0 heterocycles. The topological polar surface area (TPSA) is 127 Å². The van der Waals surface area contributed by atoms with E-state index in [-0.39, 0.29) is 13.2 Å². The smallest absolute Gasteiger partial charge is 0.332 e. The normalized spacial score (nSPS) is 11.6. The van der Waals surface area contributed by atoms with Gasteiger partial charge in [0.1, 0.15) is 0 Å². The van der Waals surface area contributed by atoms with Crippen molar-refractivity contribution in [3.63, 3.8) is 0 Å². The number of unbranched alkanes of at least 4 members (excludes halogenated alkanes) is 10. The van der Waals surface area contributed by atoms with Crippen molar-refractivity contribution in [2.24, 2.45) is 0 Å². The van der Waals surface area contributed by atoms with Crippen LogP contribution in [0.2, 0.25) is 0 Å². The molecular formula is C24H40O8. The lowest BCUT2D eigenvalue weighted by Crippen LogP contribution is -2.19. The van der Waals surface area contributed by atoms with Crippen molar-refractivity contribution in [2.75, 3.05) is 13.2 Å². The van der Waals surface area contributed by atoms with Crippen LogP contribution in [-0.2, 0) is 28.7 Å². The van der Waals surface area contributed by atoms with E-state index in [0.717, 1.165) is 64.2 Å². The fraction of sp³-hybridized carbons (Fsp3) is 0.750. The van der Waals surface area contributed by atoms with Crippen LogP contribution in [0.1, 0.15) is 104 Å². The number of aliphatic carboxylic acids is 2. The van der Waals surface area contributed by atoms with Crippen molar-refractivity contribution in [3.8, 4) is 0 Å². The van der Waals surface area contributed by atoms with Crippen LogP contribution in [0.4, 0.5) is 0 Å². The Morgan fingerprint density at radius 1 is 0.531 bits per heavy atom. The maximum absolute atomic E-state index is 12.0. The minimum atomic E-state index is -1.57. The zero-order valence-corrected chi connectivity index (χ0v) is 19.7. The molecular weight excluding hydrogens is 416 g/mol. The number of carboxylic acid groups (broad SMARTS) is 2. The molecule has 0 atom stereocenters. The summed E-state index contributed by atoms with van der Waals surface area (Å²) >= 11 is 0.